The van der Waals surface area contributed by atoms with E-state index in [1.807, 2.05) is 11.8 Å². The Hall–Kier alpha value is -10.5. The minimum Gasteiger partial charge on any atom is -0.458 e. The third-order valence-electron chi connectivity index (χ3n) is 17.5. The molecule has 396 valence electrons. The van der Waals surface area contributed by atoms with Gasteiger partial charge in [-0.25, -0.2) is 0 Å². The maximum Gasteiger partial charge on any atom is 0.256 e. The van der Waals surface area contributed by atoms with Gasteiger partial charge >= 0.3 is 0 Å². The average molecular weight is 1100 g/mol. The van der Waals surface area contributed by atoms with E-state index in [9.17, 15) is 0 Å². The molecule has 4 aliphatic rings. The number of ether oxygens (including phenoxy) is 1. The van der Waals surface area contributed by atoms with Crippen molar-refractivity contribution >= 4 is 109 Å². The van der Waals surface area contributed by atoms with E-state index >= 15 is 0 Å². The van der Waals surface area contributed by atoms with Crippen LogP contribution in [0.2, 0.25) is 0 Å². The smallest absolute Gasteiger partial charge is 0.256 e. The van der Waals surface area contributed by atoms with Crippen molar-refractivity contribution < 1.29 is 4.74 Å². The Kier molecular flexibility index (Phi) is 11.7. The van der Waals surface area contributed by atoms with Crippen molar-refractivity contribution in [2.24, 2.45) is 0 Å². The van der Waals surface area contributed by atoms with Gasteiger partial charge in [0.15, 0.2) is 0 Å². The summed E-state index contributed by atoms with van der Waals surface area (Å²) in [5.41, 5.74) is 26.5. The van der Waals surface area contributed by atoms with E-state index in [4.69, 9.17) is 4.74 Å². The molecule has 0 aromatic heterocycles. The van der Waals surface area contributed by atoms with Gasteiger partial charge in [0.25, 0.3) is 6.71 Å². The van der Waals surface area contributed by atoms with Crippen molar-refractivity contribution in [3.05, 3.63) is 309 Å². The van der Waals surface area contributed by atoms with Crippen LogP contribution in [0.4, 0.5) is 51.2 Å². The highest BCUT2D eigenvalue weighted by atomic mass is 32.2. The van der Waals surface area contributed by atoms with E-state index in [1.165, 1.54) is 31.6 Å². The van der Waals surface area contributed by atoms with E-state index in [2.05, 4.69) is 324 Å². The summed E-state index contributed by atoms with van der Waals surface area (Å²) in [6.45, 7) is -0.270. The SMILES string of the molecule is c1ccc(-c2cc3c4c(c2)N(c2c(-c5ccccc5)cccc2-c2ccccc2)c2ccccc2B4c2cc4c(cc2O3)N(c2ccccc2-c2ccccc2)c2cc(N(c3ccccc3)c3ccccc3)cc3c2B4c2ccccc2S3)cc1. The van der Waals surface area contributed by atoms with Crippen LogP contribution in [-0.2, 0) is 0 Å². The second-order valence-corrected chi connectivity index (χ2v) is 23.3. The molecule has 0 N–H and O–H groups in total. The van der Waals surface area contributed by atoms with Gasteiger partial charge in [-0.2, -0.15) is 0 Å². The predicted molar refractivity (Wildman–Crippen MR) is 359 cm³/mol. The summed E-state index contributed by atoms with van der Waals surface area (Å²) in [7, 11) is 0. The first-order valence-electron chi connectivity index (χ1n) is 29.2. The molecule has 13 aromatic rings. The number of hydrogen-bond donors (Lipinski definition) is 0. The highest BCUT2D eigenvalue weighted by Gasteiger charge is 2.47. The molecule has 0 fully saturated rings. The van der Waals surface area contributed by atoms with Crippen LogP contribution in [0.1, 0.15) is 0 Å². The lowest BCUT2D eigenvalue weighted by molar-refractivity contribution is 0.488. The Balaban J connectivity index is 0.949. The van der Waals surface area contributed by atoms with E-state index < -0.39 is 0 Å². The van der Waals surface area contributed by atoms with Crippen molar-refractivity contribution in [3.8, 4) is 56.0 Å². The van der Waals surface area contributed by atoms with Gasteiger partial charge in [0.2, 0.25) is 6.71 Å². The summed E-state index contributed by atoms with van der Waals surface area (Å²) in [6, 6.07) is 113. The van der Waals surface area contributed by atoms with Crippen molar-refractivity contribution in [2.75, 3.05) is 14.7 Å². The summed E-state index contributed by atoms with van der Waals surface area (Å²) in [4.78, 5) is 10.0. The molecule has 0 aliphatic carbocycles. The van der Waals surface area contributed by atoms with Crippen LogP contribution >= 0.6 is 11.8 Å². The van der Waals surface area contributed by atoms with Crippen molar-refractivity contribution in [1.82, 2.24) is 0 Å². The van der Waals surface area contributed by atoms with Gasteiger partial charge in [-0.3, -0.25) is 0 Å². The average Bonchev–Trinajstić information content (AvgIpc) is 1.04. The highest BCUT2D eigenvalue weighted by Crippen LogP contribution is 2.52. The molecule has 13 aromatic carbocycles. The Labute approximate surface area is 500 Å². The first-order chi connectivity index (χ1) is 42.2. The zero-order valence-corrected chi connectivity index (χ0v) is 47.1. The van der Waals surface area contributed by atoms with Gasteiger partial charge in [0.1, 0.15) is 11.5 Å². The Morgan fingerprint density at radius 3 is 1.44 bits per heavy atom. The molecule has 4 aliphatic heterocycles. The van der Waals surface area contributed by atoms with E-state index in [0.29, 0.717) is 0 Å². The molecule has 7 heteroatoms. The Morgan fingerprint density at radius 1 is 0.282 bits per heavy atom. The molecule has 0 amide bonds. The molecular weight excluding hydrogens is 1050 g/mol. The zero-order chi connectivity index (χ0) is 56.0. The van der Waals surface area contributed by atoms with Gasteiger partial charge < -0.3 is 19.4 Å². The predicted octanol–water partition coefficient (Wildman–Crippen LogP) is 17.0. The first-order valence-corrected chi connectivity index (χ1v) is 30.0. The standard InChI is InChI=1S/C78H51B2N3OS/c1-7-26-52(27-8-1)56-46-70-76-73(47-56)84-72-51-69-65(50-66(72)79(76)63-41-20-23-44-68(63)83(70)78-61(54-30-11-3-12-31-54)39-25-40-62(78)55-32-13-4-14-33-55)80-64-42-21-24-45-74(64)85-75-49-59(81(57-34-15-5-16-35-57)58-36-17-6-18-37-58)48-71(77(75)80)82(69)67-43-22-19-38-60(67)53-28-9-2-10-29-53/h1-51H. The number of fused-ring (bicyclic) bond motifs is 8. The van der Waals surface area contributed by atoms with Crippen molar-refractivity contribution in [1.29, 1.82) is 0 Å². The van der Waals surface area contributed by atoms with E-state index in [0.717, 1.165) is 118 Å². The lowest BCUT2D eigenvalue weighted by atomic mass is 9.31. The van der Waals surface area contributed by atoms with Gasteiger partial charge in [0.05, 0.1) is 11.4 Å². The second kappa shape index (κ2) is 20.2. The Bertz CT molecular complexity index is 4640. The van der Waals surface area contributed by atoms with E-state index in [-0.39, 0.29) is 13.4 Å². The number of nitrogens with zero attached hydrogens (tertiary/aromatic N) is 3. The van der Waals surface area contributed by atoms with E-state index in [1.54, 1.807) is 0 Å². The fourth-order valence-electron chi connectivity index (χ4n) is 13.9. The number of para-hydroxylation sites is 5. The van der Waals surface area contributed by atoms with Crippen LogP contribution in [0.15, 0.2) is 319 Å². The van der Waals surface area contributed by atoms with Crippen LogP contribution < -0.4 is 52.2 Å². The lowest BCUT2D eigenvalue weighted by Crippen LogP contribution is -2.63. The summed E-state index contributed by atoms with van der Waals surface area (Å²) >= 11 is 1.88. The Morgan fingerprint density at radius 2 is 0.788 bits per heavy atom. The second-order valence-electron chi connectivity index (χ2n) is 22.3. The van der Waals surface area contributed by atoms with Gasteiger partial charge in [-0.1, -0.05) is 254 Å². The minimum absolute atomic E-state index is 0.0957. The summed E-state index contributed by atoms with van der Waals surface area (Å²) in [5.74, 6) is 1.70. The molecule has 85 heavy (non-hydrogen) atoms. The molecule has 0 atom stereocenters. The summed E-state index contributed by atoms with van der Waals surface area (Å²) in [5, 5.41) is 0. The van der Waals surface area contributed by atoms with Crippen molar-refractivity contribution in [3.63, 3.8) is 0 Å². The molecule has 4 nitrogen and oxygen atoms in total. The third kappa shape index (κ3) is 8.03. The van der Waals surface area contributed by atoms with Crippen LogP contribution in [0.25, 0.3) is 44.5 Å². The zero-order valence-electron chi connectivity index (χ0n) is 46.3. The van der Waals surface area contributed by atoms with Crippen molar-refractivity contribution in [2.45, 2.75) is 9.79 Å². The maximum absolute atomic E-state index is 7.76. The van der Waals surface area contributed by atoms with Crippen LogP contribution in [0, 0.1) is 0 Å². The fraction of sp³-hybridized carbons (Fsp3) is 0. The van der Waals surface area contributed by atoms with Crippen LogP contribution in [0.5, 0.6) is 11.5 Å². The molecule has 0 saturated heterocycles. The van der Waals surface area contributed by atoms with Gasteiger partial charge in [-0.15, -0.1) is 0 Å². The molecule has 0 unspecified atom stereocenters. The largest absolute Gasteiger partial charge is 0.458 e. The van der Waals surface area contributed by atoms with Crippen LogP contribution in [-0.4, -0.2) is 13.4 Å². The monoisotopic (exact) mass is 1100 g/mol. The number of hydrogen-bond acceptors (Lipinski definition) is 5. The highest BCUT2D eigenvalue weighted by molar-refractivity contribution is 8.00. The maximum atomic E-state index is 7.76. The first kappa shape index (κ1) is 49.2. The summed E-state index contributed by atoms with van der Waals surface area (Å²) < 4.78 is 7.76. The molecule has 0 radical (unpaired) electrons. The number of anilines is 9. The molecule has 17 rings (SSSR count). The van der Waals surface area contributed by atoms with Gasteiger partial charge in [-0.05, 0) is 122 Å². The third-order valence-corrected chi connectivity index (χ3v) is 18.7. The molecular formula is C78H51B2N3OS. The number of rotatable bonds is 9. The molecule has 4 heterocycles. The molecule has 0 saturated carbocycles. The quantitative estimate of drug-likeness (QED) is 0.134. The van der Waals surface area contributed by atoms with Gasteiger partial charge in [0, 0.05) is 72.4 Å². The number of benzene rings is 13. The minimum atomic E-state index is -0.174. The summed E-state index contributed by atoms with van der Waals surface area (Å²) in [6.07, 6.45) is 0. The topological polar surface area (TPSA) is 19.0 Å². The molecule has 0 spiro atoms. The molecule has 0 bridgehead atoms. The lowest BCUT2D eigenvalue weighted by Gasteiger charge is -2.44. The normalized spacial score (nSPS) is 12.9. The van der Waals surface area contributed by atoms with Crippen LogP contribution in [0.3, 0.4) is 0 Å². The fourth-order valence-corrected chi connectivity index (χ4v) is 15.1.